The molecule has 122 valence electrons. The van der Waals surface area contributed by atoms with Crippen LogP contribution in [0.5, 0.6) is 5.75 Å². The third-order valence-electron chi connectivity index (χ3n) is 3.83. The Morgan fingerprint density at radius 2 is 1.92 bits per heavy atom. The molecule has 0 N–H and O–H groups in total. The molecule has 2 aromatic heterocycles. The largest absolute Gasteiger partial charge is 0.493 e. The lowest BCUT2D eigenvalue weighted by atomic mass is 10.2. The van der Waals surface area contributed by atoms with Gasteiger partial charge in [-0.15, -0.1) is 10.2 Å². The van der Waals surface area contributed by atoms with E-state index in [1.54, 1.807) is 23.1 Å². The van der Waals surface area contributed by atoms with Crippen LogP contribution in [0.2, 0.25) is 0 Å². The van der Waals surface area contributed by atoms with Crippen molar-refractivity contribution >= 4 is 38.3 Å². The molecule has 0 fully saturated rings. The second-order valence-corrected chi connectivity index (χ2v) is 7.44. The second-order valence-electron chi connectivity index (χ2n) is 5.36. The lowest BCUT2D eigenvalue weighted by Crippen LogP contribution is -2.01. The van der Waals surface area contributed by atoms with Gasteiger partial charge in [-0.05, 0) is 36.2 Å². The number of ether oxygens (including phenoxy) is 1. The Balaban J connectivity index is 1.41. The van der Waals surface area contributed by atoms with Crippen molar-refractivity contribution in [2.24, 2.45) is 0 Å². The van der Waals surface area contributed by atoms with Gasteiger partial charge >= 0.3 is 0 Å². The van der Waals surface area contributed by atoms with E-state index in [1.807, 2.05) is 18.2 Å². The van der Waals surface area contributed by atoms with Crippen molar-refractivity contribution in [1.82, 2.24) is 14.6 Å². The third kappa shape index (κ3) is 2.99. The van der Waals surface area contributed by atoms with Gasteiger partial charge in [-0.1, -0.05) is 54.3 Å². The summed E-state index contributed by atoms with van der Waals surface area (Å²) in [6.07, 6.45) is 1.05. The van der Waals surface area contributed by atoms with Crippen molar-refractivity contribution in [2.45, 2.75) is 18.5 Å². The highest BCUT2D eigenvalue weighted by Gasteiger charge is 2.12. The average Bonchev–Trinajstić information content (AvgIpc) is 3.18. The Morgan fingerprint density at radius 3 is 2.75 bits per heavy atom. The minimum absolute atomic E-state index is 0.646. The number of hydrogen-bond donors (Lipinski definition) is 0. The maximum atomic E-state index is 5.81. The van der Waals surface area contributed by atoms with E-state index in [9.17, 15) is 0 Å². The van der Waals surface area contributed by atoms with Crippen LogP contribution in [-0.2, 0) is 6.42 Å². The van der Waals surface area contributed by atoms with Crippen LogP contribution in [0.25, 0.3) is 15.2 Å². The minimum atomic E-state index is 0.646. The molecule has 0 radical (unpaired) electrons. The van der Waals surface area contributed by atoms with Gasteiger partial charge in [0.15, 0.2) is 5.16 Å². The van der Waals surface area contributed by atoms with Crippen LogP contribution in [0.15, 0.2) is 53.7 Å². The van der Waals surface area contributed by atoms with E-state index in [0.29, 0.717) is 6.61 Å². The van der Waals surface area contributed by atoms with E-state index in [-0.39, 0.29) is 0 Å². The molecule has 0 aliphatic heterocycles. The molecule has 0 saturated carbocycles. The molecule has 0 spiro atoms. The van der Waals surface area contributed by atoms with E-state index in [1.165, 1.54) is 15.8 Å². The molecular weight excluding hydrogens is 338 g/mol. The molecule has 6 heteroatoms. The number of rotatable bonds is 6. The number of aromatic nitrogens is 3. The summed E-state index contributed by atoms with van der Waals surface area (Å²) in [6.45, 7) is 2.80. The highest BCUT2D eigenvalue weighted by molar-refractivity contribution is 7.99. The molecule has 0 aliphatic carbocycles. The molecule has 24 heavy (non-hydrogen) atoms. The van der Waals surface area contributed by atoms with Gasteiger partial charge in [0.2, 0.25) is 4.96 Å². The van der Waals surface area contributed by atoms with Gasteiger partial charge in [0.25, 0.3) is 0 Å². The van der Waals surface area contributed by atoms with Crippen LogP contribution in [0, 0.1) is 0 Å². The normalized spacial score (nSPS) is 11.4. The third-order valence-corrected chi connectivity index (χ3v) is 5.73. The van der Waals surface area contributed by atoms with Crippen molar-refractivity contribution in [2.75, 3.05) is 12.4 Å². The zero-order chi connectivity index (χ0) is 16.4. The highest BCUT2D eigenvalue weighted by Crippen LogP contribution is 2.29. The molecule has 2 heterocycles. The fourth-order valence-electron chi connectivity index (χ4n) is 2.56. The average molecular weight is 355 g/mol. The summed E-state index contributed by atoms with van der Waals surface area (Å²) in [5.74, 6) is 1.75. The molecule has 0 atom stereocenters. The number of para-hydroxylation sites is 1. The summed E-state index contributed by atoms with van der Waals surface area (Å²) in [5, 5.41) is 9.51. The predicted molar refractivity (Wildman–Crippen MR) is 100 cm³/mol. The first kappa shape index (κ1) is 15.5. The Labute approximate surface area is 148 Å². The summed E-state index contributed by atoms with van der Waals surface area (Å²) in [6, 6.07) is 16.6. The lowest BCUT2D eigenvalue weighted by molar-refractivity contribution is 0.344. The number of nitrogens with zero attached hydrogens (tertiary/aromatic N) is 3. The van der Waals surface area contributed by atoms with Crippen molar-refractivity contribution in [3.63, 3.8) is 0 Å². The maximum Gasteiger partial charge on any atom is 0.217 e. The molecule has 0 saturated heterocycles. The van der Waals surface area contributed by atoms with Crippen LogP contribution < -0.4 is 4.74 Å². The molecule has 4 rings (SSSR count). The zero-order valence-electron chi connectivity index (χ0n) is 13.3. The van der Waals surface area contributed by atoms with Crippen molar-refractivity contribution in [3.8, 4) is 5.75 Å². The fourth-order valence-corrected chi connectivity index (χ4v) is 4.35. The molecule has 0 aliphatic rings. The topological polar surface area (TPSA) is 39.4 Å². The number of thiazole rings is 1. The van der Waals surface area contributed by atoms with Gasteiger partial charge < -0.3 is 4.74 Å². The Hall–Kier alpha value is -2.05. The summed E-state index contributed by atoms with van der Waals surface area (Å²) in [4.78, 5) is 0.940. The second kappa shape index (κ2) is 6.83. The quantitative estimate of drug-likeness (QED) is 0.372. The predicted octanol–water partition coefficient (Wildman–Crippen LogP) is 4.68. The monoisotopic (exact) mass is 355 g/mol. The van der Waals surface area contributed by atoms with E-state index in [2.05, 4.69) is 51.9 Å². The van der Waals surface area contributed by atoms with Gasteiger partial charge in [0, 0.05) is 5.75 Å². The molecule has 0 amide bonds. The lowest BCUT2D eigenvalue weighted by Gasteiger charge is -2.06. The number of thioether (sulfide) groups is 1. The minimum Gasteiger partial charge on any atom is -0.493 e. The molecule has 4 aromatic rings. The number of fused-ring (bicyclic) bond motifs is 3. The SMILES string of the molecule is CCc1ccc(OCCSc2nnc3sc4ccccc4n23)cc1. The first-order chi connectivity index (χ1) is 11.8. The molecule has 0 unspecified atom stereocenters. The molecular formula is C18H17N3OS2. The smallest absolute Gasteiger partial charge is 0.217 e. The van der Waals surface area contributed by atoms with Crippen molar-refractivity contribution < 1.29 is 4.74 Å². The Kier molecular flexibility index (Phi) is 4.40. The number of aryl methyl sites for hydroxylation is 1. The van der Waals surface area contributed by atoms with Crippen molar-refractivity contribution in [3.05, 3.63) is 54.1 Å². The summed E-state index contributed by atoms with van der Waals surface area (Å²) in [5.41, 5.74) is 2.49. The van der Waals surface area contributed by atoms with Gasteiger partial charge in [-0.2, -0.15) is 0 Å². The summed E-state index contributed by atoms with van der Waals surface area (Å²) in [7, 11) is 0. The van der Waals surface area contributed by atoms with E-state index >= 15 is 0 Å². The standard InChI is InChI=1S/C18H17N3OS2/c1-2-13-7-9-14(10-8-13)22-11-12-23-17-19-20-18-21(17)15-5-3-4-6-16(15)24-18/h3-10H,2,11-12H2,1H3. The van der Waals surface area contributed by atoms with Crippen LogP contribution >= 0.6 is 23.1 Å². The van der Waals surface area contributed by atoms with E-state index in [0.717, 1.165) is 28.0 Å². The van der Waals surface area contributed by atoms with Gasteiger partial charge in [-0.25, -0.2) is 0 Å². The van der Waals surface area contributed by atoms with Crippen LogP contribution in [-0.4, -0.2) is 27.0 Å². The van der Waals surface area contributed by atoms with Gasteiger partial charge in [0.1, 0.15) is 5.75 Å². The summed E-state index contributed by atoms with van der Waals surface area (Å²) >= 11 is 3.34. The van der Waals surface area contributed by atoms with Crippen LogP contribution in [0.1, 0.15) is 12.5 Å². The van der Waals surface area contributed by atoms with E-state index < -0.39 is 0 Å². The first-order valence-corrected chi connectivity index (χ1v) is 9.72. The molecule has 2 aromatic carbocycles. The zero-order valence-corrected chi connectivity index (χ0v) is 14.9. The van der Waals surface area contributed by atoms with Gasteiger partial charge in [-0.3, -0.25) is 4.40 Å². The molecule has 0 bridgehead atoms. The first-order valence-electron chi connectivity index (χ1n) is 7.92. The fraction of sp³-hybridized carbons (Fsp3) is 0.222. The number of benzene rings is 2. The number of hydrogen-bond acceptors (Lipinski definition) is 5. The highest BCUT2D eigenvalue weighted by atomic mass is 32.2. The van der Waals surface area contributed by atoms with Crippen LogP contribution in [0.4, 0.5) is 0 Å². The molecule has 4 nitrogen and oxygen atoms in total. The maximum absolute atomic E-state index is 5.81. The van der Waals surface area contributed by atoms with Gasteiger partial charge in [0.05, 0.1) is 16.8 Å². The Morgan fingerprint density at radius 1 is 1.08 bits per heavy atom. The Bertz CT molecular complexity index is 959. The van der Waals surface area contributed by atoms with Crippen LogP contribution in [0.3, 0.4) is 0 Å². The summed E-state index contributed by atoms with van der Waals surface area (Å²) < 4.78 is 9.17. The van der Waals surface area contributed by atoms with E-state index in [4.69, 9.17) is 4.74 Å². The van der Waals surface area contributed by atoms with Crippen molar-refractivity contribution in [1.29, 1.82) is 0 Å².